The predicted molar refractivity (Wildman–Crippen MR) is 107 cm³/mol. The van der Waals surface area contributed by atoms with E-state index in [1.165, 1.54) is 6.33 Å². The number of nitrogens with one attached hydrogen (secondary N) is 2. The van der Waals surface area contributed by atoms with E-state index < -0.39 is 0 Å². The molecular weight excluding hydrogens is 346 g/mol. The van der Waals surface area contributed by atoms with Crippen LogP contribution in [0, 0.1) is 6.92 Å². The van der Waals surface area contributed by atoms with Crippen molar-refractivity contribution >= 4 is 45.5 Å². The highest BCUT2D eigenvalue weighted by Gasteiger charge is 2.06. The first-order valence-electron chi connectivity index (χ1n) is 8.16. The Kier molecular flexibility index (Phi) is 4.37. The Bertz CT molecular complexity index is 1080. The molecule has 4 aromatic rings. The van der Waals surface area contributed by atoms with Gasteiger partial charge in [0.2, 0.25) is 0 Å². The number of hydrogen-bond donors (Lipinski definition) is 2. The lowest BCUT2D eigenvalue weighted by Gasteiger charge is -2.12. The van der Waals surface area contributed by atoms with Crippen molar-refractivity contribution in [2.45, 2.75) is 6.92 Å². The third-order valence-corrected chi connectivity index (χ3v) is 4.50. The summed E-state index contributed by atoms with van der Waals surface area (Å²) in [4.78, 5) is 13.0. The molecule has 5 nitrogen and oxygen atoms in total. The fraction of sp³-hybridized carbons (Fsp3) is 0.0500. The number of hydrogen-bond acceptors (Lipinski definition) is 5. The summed E-state index contributed by atoms with van der Waals surface area (Å²) in [6.45, 7) is 1.97. The Morgan fingerprint density at radius 2 is 1.50 bits per heavy atom. The molecular formula is C20H16ClN5. The highest BCUT2D eigenvalue weighted by atomic mass is 35.5. The minimum Gasteiger partial charge on any atom is -0.340 e. The molecule has 0 fully saturated rings. The van der Waals surface area contributed by atoms with Gasteiger partial charge in [0.1, 0.15) is 18.0 Å². The molecule has 128 valence electrons. The summed E-state index contributed by atoms with van der Waals surface area (Å²) in [6, 6.07) is 17.5. The van der Waals surface area contributed by atoms with Crippen LogP contribution in [0.1, 0.15) is 5.56 Å². The Balaban J connectivity index is 1.62. The number of nitrogens with zero attached hydrogens (tertiary/aromatic N) is 3. The number of para-hydroxylation sites is 1. The van der Waals surface area contributed by atoms with Crippen molar-refractivity contribution in [1.29, 1.82) is 0 Å². The molecule has 0 saturated carbocycles. The molecule has 0 aliphatic carbocycles. The monoisotopic (exact) mass is 361 g/mol. The SMILES string of the molecule is Cc1c(Cl)cccc1Nc1cc(Nc2cccc3cccnc23)ncn1. The number of anilines is 4. The van der Waals surface area contributed by atoms with Gasteiger partial charge < -0.3 is 10.6 Å². The van der Waals surface area contributed by atoms with E-state index in [9.17, 15) is 0 Å². The maximum Gasteiger partial charge on any atom is 0.135 e. The van der Waals surface area contributed by atoms with Crippen LogP contribution in [0.15, 0.2) is 67.1 Å². The zero-order valence-corrected chi connectivity index (χ0v) is 14.8. The van der Waals surface area contributed by atoms with E-state index in [0.717, 1.165) is 27.8 Å². The summed E-state index contributed by atoms with van der Waals surface area (Å²) in [5.74, 6) is 1.36. The second kappa shape index (κ2) is 6.98. The molecule has 0 atom stereocenters. The maximum atomic E-state index is 6.18. The molecule has 0 radical (unpaired) electrons. The summed E-state index contributed by atoms with van der Waals surface area (Å²) in [7, 11) is 0. The van der Waals surface area contributed by atoms with Crippen LogP contribution in [-0.4, -0.2) is 15.0 Å². The van der Waals surface area contributed by atoms with Gasteiger partial charge in [-0.3, -0.25) is 4.98 Å². The fourth-order valence-electron chi connectivity index (χ4n) is 2.72. The normalized spacial score (nSPS) is 10.7. The molecule has 0 saturated heterocycles. The Morgan fingerprint density at radius 3 is 2.35 bits per heavy atom. The number of fused-ring (bicyclic) bond motifs is 1. The van der Waals surface area contributed by atoms with E-state index in [0.29, 0.717) is 16.7 Å². The highest BCUT2D eigenvalue weighted by molar-refractivity contribution is 6.31. The molecule has 0 spiro atoms. The molecule has 6 heteroatoms. The van der Waals surface area contributed by atoms with Crippen molar-refractivity contribution in [3.8, 4) is 0 Å². The largest absolute Gasteiger partial charge is 0.340 e. The third kappa shape index (κ3) is 3.30. The Hall–Kier alpha value is -3.18. The van der Waals surface area contributed by atoms with Gasteiger partial charge in [0.05, 0.1) is 11.2 Å². The van der Waals surface area contributed by atoms with Crippen molar-refractivity contribution in [3.63, 3.8) is 0 Å². The zero-order chi connectivity index (χ0) is 17.9. The Morgan fingerprint density at radius 1 is 0.808 bits per heavy atom. The molecule has 2 aromatic heterocycles. The second-order valence-electron chi connectivity index (χ2n) is 5.83. The van der Waals surface area contributed by atoms with Crippen LogP contribution in [0.25, 0.3) is 10.9 Å². The second-order valence-corrected chi connectivity index (χ2v) is 6.24. The minimum atomic E-state index is 0.681. The molecule has 0 bridgehead atoms. The molecule has 4 rings (SSSR count). The van der Waals surface area contributed by atoms with E-state index in [2.05, 4.69) is 25.6 Å². The molecule has 2 N–H and O–H groups in total. The summed E-state index contributed by atoms with van der Waals surface area (Å²) >= 11 is 6.18. The molecule has 0 aliphatic rings. The lowest BCUT2D eigenvalue weighted by Crippen LogP contribution is -2.00. The average Bonchev–Trinajstić information content (AvgIpc) is 2.66. The summed E-state index contributed by atoms with van der Waals surface area (Å²) < 4.78 is 0. The van der Waals surface area contributed by atoms with Crippen LogP contribution in [0.4, 0.5) is 23.0 Å². The first-order chi connectivity index (χ1) is 12.7. The van der Waals surface area contributed by atoms with E-state index in [-0.39, 0.29) is 0 Å². The van der Waals surface area contributed by atoms with Crippen molar-refractivity contribution in [1.82, 2.24) is 15.0 Å². The van der Waals surface area contributed by atoms with Gasteiger partial charge in [-0.15, -0.1) is 0 Å². The molecule has 0 aliphatic heterocycles. The maximum absolute atomic E-state index is 6.18. The molecule has 0 amide bonds. The lowest BCUT2D eigenvalue weighted by atomic mass is 10.2. The number of aromatic nitrogens is 3. The summed E-state index contributed by atoms with van der Waals surface area (Å²) in [5, 5.41) is 8.39. The van der Waals surface area contributed by atoms with Crippen molar-refractivity contribution < 1.29 is 0 Å². The first-order valence-corrected chi connectivity index (χ1v) is 8.53. The predicted octanol–water partition coefficient (Wildman–Crippen LogP) is 5.47. The van der Waals surface area contributed by atoms with Gasteiger partial charge in [0, 0.05) is 28.4 Å². The quantitative estimate of drug-likeness (QED) is 0.504. The van der Waals surface area contributed by atoms with Crippen molar-refractivity contribution in [2.24, 2.45) is 0 Å². The lowest BCUT2D eigenvalue weighted by molar-refractivity contribution is 1.16. The van der Waals surface area contributed by atoms with E-state index in [1.807, 2.05) is 61.5 Å². The van der Waals surface area contributed by atoms with Gasteiger partial charge in [0.15, 0.2) is 0 Å². The average molecular weight is 362 g/mol. The van der Waals surface area contributed by atoms with E-state index >= 15 is 0 Å². The summed E-state index contributed by atoms with van der Waals surface area (Å²) in [6.07, 6.45) is 3.30. The molecule has 0 unspecified atom stereocenters. The van der Waals surface area contributed by atoms with Crippen LogP contribution in [0.5, 0.6) is 0 Å². The number of benzene rings is 2. The van der Waals surface area contributed by atoms with Gasteiger partial charge >= 0.3 is 0 Å². The number of pyridine rings is 1. The third-order valence-electron chi connectivity index (χ3n) is 4.09. The van der Waals surface area contributed by atoms with Crippen LogP contribution in [0.3, 0.4) is 0 Å². The zero-order valence-electron chi connectivity index (χ0n) is 14.1. The Labute approximate surface area is 156 Å². The first kappa shape index (κ1) is 16.3. The van der Waals surface area contributed by atoms with Crippen LogP contribution in [-0.2, 0) is 0 Å². The van der Waals surface area contributed by atoms with Crippen molar-refractivity contribution in [2.75, 3.05) is 10.6 Å². The molecule has 2 aromatic carbocycles. The minimum absolute atomic E-state index is 0.681. The standard InChI is InChI=1S/C20H16ClN5/c1-13-15(21)7-3-8-16(13)25-18-11-19(24-12-23-18)26-17-9-2-5-14-6-4-10-22-20(14)17/h2-12H,1H3,(H2,23,24,25,26). The van der Waals surface area contributed by atoms with Crippen LogP contribution >= 0.6 is 11.6 Å². The molecule has 26 heavy (non-hydrogen) atoms. The number of rotatable bonds is 4. The molecule has 2 heterocycles. The van der Waals surface area contributed by atoms with E-state index in [4.69, 9.17) is 11.6 Å². The van der Waals surface area contributed by atoms with Gasteiger partial charge in [0.25, 0.3) is 0 Å². The van der Waals surface area contributed by atoms with E-state index in [1.54, 1.807) is 6.20 Å². The van der Waals surface area contributed by atoms with Crippen LogP contribution in [0.2, 0.25) is 5.02 Å². The number of halogens is 1. The summed E-state index contributed by atoms with van der Waals surface area (Å²) in [5.41, 5.74) is 3.68. The topological polar surface area (TPSA) is 62.7 Å². The van der Waals surface area contributed by atoms with Crippen molar-refractivity contribution in [3.05, 3.63) is 77.7 Å². The van der Waals surface area contributed by atoms with Gasteiger partial charge in [-0.25, -0.2) is 9.97 Å². The van der Waals surface area contributed by atoms with Gasteiger partial charge in [-0.05, 0) is 36.8 Å². The van der Waals surface area contributed by atoms with Crippen LogP contribution < -0.4 is 10.6 Å². The van der Waals surface area contributed by atoms with Gasteiger partial charge in [-0.1, -0.05) is 35.9 Å². The van der Waals surface area contributed by atoms with Gasteiger partial charge in [-0.2, -0.15) is 0 Å². The smallest absolute Gasteiger partial charge is 0.135 e. The highest BCUT2D eigenvalue weighted by Crippen LogP contribution is 2.27. The fourth-order valence-corrected chi connectivity index (χ4v) is 2.89.